The van der Waals surface area contributed by atoms with Gasteiger partial charge in [0.25, 0.3) is 0 Å². The minimum atomic E-state index is 0.246. The first-order chi connectivity index (χ1) is 10.1. The summed E-state index contributed by atoms with van der Waals surface area (Å²) in [6.07, 6.45) is 4.77. The molecule has 1 heterocycles. The number of aromatic nitrogens is 2. The molecule has 4 nitrogen and oxygen atoms in total. The van der Waals surface area contributed by atoms with E-state index in [0.717, 1.165) is 24.3 Å². The van der Waals surface area contributed by atoms with Crippen LogP contribution in [-0.4, -0.2) is 15.0 Å². The molecule has 1 aromatic heterocycles. The van der Waals surface area contributed by atoms with Gasteiger partial charge < -0.3 is 10.5 Å². The fraction of sp³-hybridized carbons (Fsp3) is 0.312. The zero-order valence-electron chi connectivity index (χ0n) is 11.9. The molecule has 0 aliphatic heterocycles. The average molecular weight is 299 g/mol. The Morgan fingerprint density at radius 1 is 1.14 bits per heavy atom. The zero-order valence-corrected chi connectivity index (χ0v) is 12.7. The number of rotatable bonds is 3. The highest BCUT2D eigenvalue weighted by molar-refractivity contribution is 7.80. The number of aryl methyl sites for hydroxylation is 3. The third kappa shape index (κ3) is 3.19. The van der Waals surface area contributed by atoms with Crippen LogP contribution in [0, 0.1) is 6.92 Å². The van der Waals surface area contributed by atoms with Gasteiger partial charge in [0.15, 0.2) is 0 Å². The summed E-state index contributed by atoms with van der Waals surface area (Å²) in [7, 11) is 0. The van der Waals surface area contributed by atoms with Crippen LogP contribution < -0.4 is 10.5 Å². The summed E-state index contributed by atoms with van der Waals surface area (Å²) in [6.45, 7) is 1.86. The lowest BCUT2D eigenvalue weighted by atomic mass is 9.92. The lowest BCUT2D eigenvalue weighted by Gasteiger charge is -2.16. The number of nitrogens with two attached hydrogens (primary N) is 1. The minimum Gasteiger partial charge on any atom is -0.424 e. The van der Waals surface area contributed by atoms with E-state index in [-0.39, 0.29) is 11.0 Å². The van der Waals surface area contributed by atoms with Crippen LogP contribution in [0.15, 0.2) is 24.3 Å². The molecule has 2 aromatic rings. The first-order valence-corrected chi connectivity index (χ1v) is 7.48. The molecule has 0 bridgehead atoms. The molecule has 0 amide bonds. The monoisotopic (exact) mass is 299 g/mol. The SMILES string of the molecule is Cc1cc(C(N)=S)nc(Oc2ccc3c(c2)CCCC3)n1. The molecule has 1 aromatic carbocycles. The van der Waals surface area contributed by atoms with E-state index >= 15 is 0 Å². The highest BCUT2D eigenvalue weighted by atomic mass is 32.1. The third-order valence-corrected chi connectivity index (χ3v) is 3.82. The summed E-state index contributed by atoms with van der Waals surface area (Å²) in [5.74, 6) is 0.759. The molecule has 2 N–H and O–H groups in total. The van der Waals surface area contributed by atoms with Crippen LogP contribution in [0.4, 0.5) is 0 Å². The lowest BCUT2D eigenvalue weighted by molar-refractivity contribution is 0.438. The largest absolute Gasteiger partial charge is 0.424 e. The Hall–Kier alpha value is -2.01. The summed E-state index contributed by atoms with van der Waals surface area (Å²) in [6, 6.07) is 8.22. The molecular formula is C16H17N3OS. The first kappa shape index (κ1) is 13.9. The van der Waals surface area contributed by atoms with Gasteiger partial charge in [-0.1, -0.05) is 18.3 Å². The molecule has 1 aliphatic carbocycles. The number of hydrogen-bond acceptors (Lipinski definition) is 4. The fourth-order valence-corrected chi connectivity index (χ4v) is 2.70. The molecule has 108 valence electrons. The van der Waals surface area contributed by atoms with Gasteiger partial charge in [0, 0.05) is 5.69 Å². The molecule has 0 unspecified atom stereocenters. The minimum absolute atomic E-state index is 0.246. The van der Waals surface area contributed by atoms with Crippen LogP contribution >= 0.6 is 12.2 Å². The highest BCUT2D eigenvalue weighted by Crippen LogP contribution is 2.27. The smallest absolute Gasteiger partial charge is 0.322 e. The van der Waals surface area contributed by atoms with Crippen molar-refractivity contribution in [3.05, 3.63) is 46.8 Å². The average Bonchev–Trinajstić information content (AvgIpc) is 2.46. The second-order valence-corrected chi connectivity index (χ2v) is 5.72. The number of hydrogen-bond donors (Lipinski definition) is 1. The standard InChI is InChI=1S/C16H17N3OS/c1-10-8-14(15(17)21)19-16(18-10)20-13-7-6-11-4-2-3-5-12(11)9-13/h6-9H,2-5H2,1H3,(H2,17,21). The van der Waals surface area contributed by atoms with E-state index in [4.69, 9.17) is 22.7 Å². The number of thiocarbonyl (C=S) groups is 1. The van der Waals surface area contributed by atoms with Gasteiger partial charge >= 0.3 is 6.01 Å². The predicted octanol–water partition coefficient (Wildman–Crippen LogP) is 3.09. The van der Waals surface area contributed by atoms with Crippen LogP contribution in [0.2, 0.25) is 0 Å². The Labute approximate surface area is 129 Å². The molecule has 0 spiro atoms. The van der Waals surface area contributed by atoms with Crippen molar-refractivity contribution in [2.45, 2.75) is 32.6 Å². The van der Waals surface area contributed by atoms with Gasteiger partial charge in [-0.3, -0.25) is 0 Å². The summed E-state index contributed by atoms with van der Waals surface area (Å²) in [4.78, 5) is 8.76. The molecule has 0 saturated carbocycles. The van der Waals surface area contributed by atoms with Crippen LogP contribution in [-0.2, 0) is 12.8 Å². The van der Waals surface area contributed by atoms with Crippen LogP contribution in [0.25, 0.3) is 0 Å². The van der Waals surface area contributed by atoms with Crippen molar-refractivity contribution in [2.24, 2.45) is 5.73 Å². The third-order valence-electron chi connectivity index (χ3n) is 3.62. The summed E-state index contributed by atoms with van der Waals surface area (Å²) in [5, 5.41) is 0. The second-order valence-electron chi connectivity index (χ2n) is 5.28. The van der Waals surface area contributed by atoms with Crippen molar-refractivity contribution in [1.82, 2.24) is 9.97 Å². The number of ether oxygens (including phenoxy) is 1. The Kier molecular flexibility index (Phi) is 3.84. The topological polar surface area (TPSA) is 61.0 Å². The van der Waals surface area contributed by atoms with Gasteiger partial charge in [0.05, 0.1) is 0 Å². The van der Waals surface area contributed by atoms with Crippen molar-refractivity contribution < 1.29 is 4.74 Å². The molecule has 0 atom stereocenters. The van der Waals surface area contributed by atoms with Crippen molar-refractivity contribution in [1.29, 1.82) is 0 Å². The Morgan fingerprint density at radius 2 is 1.90 bits per heavy atom. The van der Waals surface area contributed by atoms with Gasteiger partial charge in [-0.05, 0) is 61.9 Å². The van der Waals surface area contributed by atoms with E-state index in [2.05, 4.69) is 22.1 Å². The van der Waals surface area contributed by atoms with Crippen molar-refractivity contribution in [2.75, 3.05) is 0 Å². The van der Waals surface area contributed by atoms with Crippen LogP contribution in [0.1, 0.15) is 35.4 Å². The Bertz CT molecular complexity index is 700. The van der Waals surface area contributed by atoms with Crippen molar-refractivity contribution in [3.8, 4) is 11.8 Å². The van der Waals surface area contributed by atoms with Gasteiger partial charge in [0.1, 0.15) is 16.4 Å². The molecule has 1 aliphatic rings. The Balaban J connectivity index is 1.88. The summed E-state index contributed by atoms with van der Waals surface area (Å²) >= 11 is 4.96. The molecule has 0 saturated heterocycles. The van der Waals surface area contributed by atoms with E-state index in [0.29, 0.717) is 5.69 Å². The summed E-state index contributed by atoms with van der Waals surface area (Å²) in [5.41, 5.74) is 9.71. The van der Waals surface area contributed by atoms with E-state index < -0.39 is 0 Å². The maximum Gasteiger partial charge on any atom is 0.322 e. The lowest BCUT2D eigenvalue weighted by Crippen LogP contribution is -2.13. The van der Waals surface area contributed by atoms with Gasteiger partial charge in [-0.25, -0.2) is 4.98 Å². The highest BCUT2D eigenvalue weighted by Gasteiger charge is 2.12. The Morgan fingerprint density at radius 3 is 2.67 bits per heavy atom. The number of fused-ring (bicyclic) bond motifs is 1. The maximum atomic E-state index is 5.78. The van der Waals surface area contributed by atoms with Gasteiger partial charge in [0.2, 0.25) is 0 Å². The van der Waals surface area contributed by atoms with Gasteiger partial charge in [-0.15, -0.1) is 0 Å². The normalized spacial score (nSPS) is 13.6. The molecule has 0 radical (unpaired) electrons. The fourth-order valence-electron chi connectivity index (χ4n) is 2.59. The van der Waals surface area contributed by atoms with E-state index in [9.17, 15) is 0 Å². The van der Waals surface area contributed by atoms with Crippen molar-refractivity contribution >= 4 is 17.2 Å². The summed E-state index contributed by atoms with van der Waals surface area (Å²) < 4.78 is 5.78. The second kappa shape index (κ2) is 5.77. The molecule has 21 heavy (non-hydrogen) atoms. The predicted molar refractivity (Wildman–Crippen MR) is 85.8 cm³/mol. The zero-order chi connectivity index (χ0) is 14.8. The molecular weight excluding hydrogens is 282 g/mol. The van der Waals surface area contributed by atoms with Crippen molar-refractivity contribution in [3.63, 3.8) is 0 Å². The van der Waals surface area contributed by atoms with E-state index in [1.54, 1.807) is 6.07 Å². The first-order valence-electron chi connectivity index (χ1n) is 7.07. The molecule has 5 heteroatoms. The van der Waals surface area contributed by atoms with Crippen LogP contribution in [0.3, 0.4) is 0 Å². The van der Waals surface area contributed by atoms with E-state index in [1.165, 1.54) is 24.0 Å². The quantitative estimate of drug-likeness (QED) is 0.882. The molecule has 3 rings (SSSR count). The maximum absolute atomic E-state index is 5.78. The van der Waals surface area contributed by atoms with E-state index in [1.807, 2.05) is 13.0 Å². The van der Waals surface area contributed by atoms with Gasteiger partial charge in [-0.2, -0.15) is 4.98 Å². The number of nitrogens with zero attached hydrogens (tertiary/aromatic N) is 2. The number of benzene rings is 1. The molecule has 0 fully saturated rings. The van der Waals surface area contributed by atoms with Crippen LogP contribution in [0.5, 0.6) is 11.8 Å².